The Bertz CT molecular complexity index is 374. The first-order chi connectivity index (χ1) is 9.13. The van der Waals surface area contributed by atoms with Crippen LogP contribution in [-0.2, 0) is 9.47 Å². The van der Waals surface area contributed by atoms with Gasteiger partial charge in [0.1, 0.15) is 0 Å². The zero-order chi connectivity index (χ0) is 14.1. The molecule has 0 amide bonds. The molecule has 0 spiro atoms. The van der Waals surface area contributed by atoms with Gasteiger partial charge >= 0.3 is 0 Å². The van der Waals surface area contributed by atoms with E-state index in [1.807, 2.05) is 32.0 Å². The van der Waals surface area contributed by atoms with E-state index in [1.54, 1.807) is 0 Å². The van der Waals surface area contributed by atoms with Gasteiger partial charge in [-0.1, -0.05) is 22.0 Å². The minimum Gasteiger partial charge on any atom is -0.389 e. The summed E-state index contributed by atoms with van der Waals surface area (Å²) in [7, 11) is 0. The number of ether oxygens (including phenoxy) is 2. The number of halogens is 1. The third-order valence-corrected chi connectivity index (χ3v) is 3.11. The second kappa shape index (κ2) is 9.31. The minimum atomic E-state index is -0.528. The van der Waals surface area contributed by atoms with Crippen LogP contribution in [0.3, 0.4) is 0 Å². The first-order valence-electron chi connectivity index (χ1n) is 6.47. The Labute approximate surface area is 123 Å². The zero-order valence-corrected chi connectivity index (χ0v) is 13.1. The van der Waals surface area contributed by atoms with E-state index in [1.165, 1.54) is 0 Å². The van der Waals surface area contributed by atoms with Crippen LogP contribution in [0.4, 0.5) is 5.69 Å². The highest BCUT2D eigenvalue weighted by Gasteiger charge is 2.05. The van der Waals surface area contributed by atoms with Gasteiger partial charge in [-0.2, -0.15) is 0 Å². The topological polar surface area (TPSA) is 50.7 Å². The summed E-state index contributed by atoms with van der Waals surface area (Å²) >= 11 is 3.43. The number of rotatable bonds is 9. The molecular weight excluding hydrogens is 310 g/mol. The van der Waals surface area contributed by atoms with Crippen LogP contribution in [0, 0.1) is 6.92 Å². The van der Waals surface area contributed by atoms with E-state index in [-0.39, 0.29) is 0 Å². The van der Waals surface area contributed by atoms with Crippen molar-refractivity contribution in [2.75, 3.05) is 38.3 Å². The van der Waals surface area contributed by atoms with Crippen molar-refractivity contribution in [1.29, 1.82) is 0 Å². The third kappa shape index (κ3) is 6.92. The Morgan fingerprint density at radius 3 is 2.79 bits per heavy atom. The van der Waals surface area contributed by atoms with E-state index < -0.39 is 6.10 Å². The fraction of sp³-hybridized carbons (Fsp3) is 0.571. The van der Waals surface area contributed by atoms with Gasteiger partial charge in [0.15, 0.2) is 0 Å². The number of benzene rings is 1. The highest BCUT2D eigenvalue weighted by molar-refractivity contribution is 9.10. The van der Waals surface area contributed by atoms with E-state index in [0.717, 1.165) is 15.7 Å². The molecule has 0 aliphatic carbocycles. The summed E-state index contributed by atoms with van der Waals surface area (Å²) in [5.41, 5.74) is 2.16. The van der Waals surface area contributed by atoms with Crippen molar-refractivity contribution in [2.45, 2.75) is 20.0 Å². The summed E-state index contributed by atoms with van der Waals surface area (Å²) < 4.78 is 11.5. The molecule has 0 saturated carbocycles. The van der Waals surface area contributed by atoms with Crippen molar-refractivity contribution in [3.63, 3.8) is 0 Å². The number of aryl methyl sites for hydroxylation is 1. The molecular formula is C14H22BrNO3. The number of anilines is 1. The fourth-order valence-electron chi connectivity index (χ4n) is 1.55. The monoisotopic (exact) mass is 331 g/mol. The van der Waals surface area contributed by atoms with Gasteiger partial charge in [-0.25, -0.2) is 0 Å². The van der Waals surface area contributed by atoms with Crippen LogP contribution >= 0.6 is 15.9 Å². The largest absolute Gasteiger partial charge is 0.389 e. The van der Waals surface area contributed by atoms with Crippen molar-refractivity contribution in [2.24, 2.45) is 0 Å². The maximum absolute atomic E-state index is 9.79. The molecule has 5 heteroatoms. The molecule has 0 aliphatic heterocycles. The molecule has 0 saturated heterocycles. The predicted molar refractivity (Wildman–Crippen MR) is 80.7 cm³/mol. The second-order valence-electron chi connectivity index (χ2n) is 4.27. The van der Waals surface area contributed by atoms with Crippen LogP contribution in [0.1, 0.15) is 12.5 Å². The van der Waals surface area contributed by atoms with Gasteiger partial charge < -0.3 is 19.9 Å². The Balaban J connectivity index is 2.22. The van der Waals surface area contributed by atoms with E-state index in [2.05, 4.69) is 21.2 Å². The van der Waals surface area contributed by atoms with Crippen molar-refractivity contribution in [1.82, 2.24) is 0 Å². The van der Waals surface area contributed by atoms with Gasteiger partial charge in [0.25, 0.3) is 0 Å². The number of hydrogen-bond acceptors (Lipinski definition) is 4. The predicted octanol–water partition coefficient (Wildman–Crippen LogP) is 2.58. The minimum absolute atomic E-state index is 0.313. The lowest BCUT2D eigenvalue weighted by atomic mass is 10.2. The number of hydrogen-bond donors (Lipinski definition) is 2. The molecule has 108 valence electrons. The lowest BCUT2D eigenvalue weighted by molar-refractivity contribution is 0.0103. The molecule has 0 aromatic heterocycles. The number of aliphatic hydroxyl groups excluding tert-OH is 1. The maximum Gasteiger partial charge on any atom is 0.0945 e. The standard InChI is InChI=1S/C14H22BrNO3/c1-3-18-6-7-19-10-13(17)9-16-14-8-12(15)5-4-11(14)2/h4-5,8,13,16-17H,3,6-7,9-10H2,1-2H3. The smallest absolute Gasteiger partial charge is 0.0945 e. The lowest BCUT2D eigenvalue weighted by Crippen LogP contribution is -2.25. The SMILES string of the molecule is CCOCCOCC(O)CNc1cc(Br)ccc1C. The summed E-state index contributed by atoms with van der Waals surface area (Å²) in [4.78, 5) is 0. The molecule has 0 fully saturated rings. The number of nitrogens with one attached hydrogen (secondary N) is 1. The van der Waals surface area contributed by atoms with Crippen molar-refractivity contribution >= 4 is 21.6 Å². The summed E-state index contributed by atoms with van der Waals surface area (Å²) in [6, 6.07) is 6.02. The molecule has 0 aliphatic rings. The highest BCUT2D eigenvalue weighted by atomic mass is 79.9. The normalized spacial score (nSPS) is 12.4. The quantitative estimate of drug-likeness (QED) is 0.683. The molecule has 1 aromatic rings. The van der Waals surface area contributed by atoms with Crippen LogP contribution in [0.5, 0.6) is 0 Å². The Morgan fingerprint density at radius 2 is 2.05 bits per heavy atom. The van der Waals surface area contributed by atoms with Crippen LogP contribution in [0.15, 0.2) is 22.7 Å². The van der Waals surface area contributed by atoms with Gasteiger partial charge in [-0.3, -0.25) is 0 Å². The summed E-state index contributed by atoms with van der Waals surface area (Å²) in [6.45, 7) is 6.52. The van der Waals surface area contributed by atoms with Crippen LogP contribution in [-0.4, -0.2) is 44.2 Å². The van der Waals surface area contributed by atoms with Gasteiger partial charge in [0.2, 0.25) is 0 Å². The third-order valence-electron chi connectivity index (χ3n) is 2.61. The Morgan fingerprint density at radius 1 is 1.32 bits per heavy atom. The van der Waals surface area contributed by atoms with E-state index >= 15 is 0 Å². The summed E-state index contributed by atoms with van der Waals surface area (Å²) in [5.74, 6) is 0. The lowest BCUT2D eigenvalue weighted by Gasteiger charge is -2.15. The second-order valence-corrected chi connectivity index (χ2v) is 5.18. The first kappa shape index (κ1) is 16.4. The fourth-order valence-corrected chi connectivity index (χ4v) is 1.91. The van der Waals surface area contributed by atoms with Gasteiger partial charge in [-0.05, 0) is 31.5 Å². The van der Waals surface area contributed by atoms with E-state index in [4.69, 9.17) is 9.47 Å². The molecule has 1 atom stereocenters. The zero-order valence-electron chi connectivity index (χ0n) is 11.5. The Kier molecular flexibility index (Phi) is 8.05. The highest BCUT2D eigenvalue weighted by Crippen LogP contribution is 2.20. The van der Waals surface area contributed by atoms with Crippen molar-refractivity contribution in [3.8, 4) is 0 Å². The Hall–Kier alpha value is -0.620. The van der Waals surface area contributed by atoms with Crippen LogP contribution in [0.25, 0.3) is 0 Å². The van der Waals surface area contributed by atoms with Crippen LogP contribution < -0.4 is 5.32 Å². The molecule has 19 heavy (non-hydrogen) atoms. The molecule has 0 radical (unpaired) electrons. The average molecular weight is 332 g/mol. The van der Waals surface area contributed by atoms with E-state index in [0.29, 0.717) is 33.0 Å². The maximum atomic E-state index is 9.79. The molecule has 1 unspecified atom stereocenters. The molecule has 1 aromatic carbocycles. The summed E-state index contributed by atoms with van der Waals surface area (Å²) in [6.07, 6.45) is -0.528. The molecule has 1 rings (SSSR count). The molecule has 2 N–H and O–H groups in total. The number of aliphatic hydroxyl groups is 1. The molecule has 0 heterocycles. The summed E-state index contributed by atoms with van der Waals surface area (Å²) in [5, 5.41) is 13.0. The van der Waals surface area contributed by atoms with Crippen LogP contribution in [0.2, 0.25) is 0 Å². The van der Waals surface area contributed by atoms with Gasteiger partial charge in [0, 0.05) is 23.3 Å². The van der Waals surface area contributed by atoms with Gasteiger partial charge in [0.05, 0.1) is 25.9 Å². The van der Waals surface area contributed by atoms with Crippen molar-refractivity contribution < 1.29 is 14.6 Å². The van der Waals surface area contributed by atoms with E-state index in [9.17, 15) is 5.11 Å². The molecule has 4 nitrogen and oxygen atoms in total. The van der Waals surface area contributed by atoms with Gasteiger partial charge in [-0.15, -0.1) is 0 Å². The molecule has 0 bridgehead atoms. The van der Waals surface area contributed by atoms with Crippen molar-refractivity contribution in [3.05, 3.63) is 28.2 Å². The average Bonchev–Trinajstić information content (AvgIpc) is 2.39. The first-order valence-corrected chi connectivity index (χ1v) is 7.26.